The van der Waals surface area contributed by atoms with Crippen molar-refractivity contribution in [3.05, 3.63) is 35.6 Å². The molecule has 2 heteroatoms. The van der Waals surface area contributed by atoms with Gasteiger partial charge in [0.2, 0.25) is 0 Å². The van der Waals surface area contributed by atoms with E-state index in [1.165, 1.54) is 24.1 Å². The van der Waals surface area contributed by atoms with Gasteiger partial charge in [-0.25, -0.2) is 4.39 Å². The van der Waals surface area contributed by atoms with Gasteiger partial charge in [0.15, 0.2) is 0 Å². The second-order valence-electron chi connectivity index (χ2n) is 4.50. The summed E-state index contributed by atoms with van der Waals surface area (Å²) in [6.45, 7) is 4.42. The van der Waals surface area contributed by atoms with E-state index in [1.807, 2.05) is 12.1 Å². The summed E-state index contributed by atoms with van der Waals surface area (Å²) >= 11 is 0. The Hall–Kier alpha value is -0.890. The predicted octanol–water partition coefficient (Wildman–Crippen LogP) is 3.27. The third-order valence-electron chi connectivity index (χ3n) is 3.21. The van der Waals surface area contributed by atoms with Crippen LogP contribution in [0.1, 0.15) is 38.3 Å². The monoisotopic (exact) mass is 207 g/mol. The molecule has 15 heavy (non-hydrogen) atoms. The number of hydrogen-bond donors (Lipinski definition) is 1. The average Bonchev–Trinajstić information content (AvgIpc) is 2.92. The Balaban J connectivity index is 2.02. The van der Waals surface area contributed by atoms with E-state index < -0.39 is 0 Å². The second kappa shape index (κ2) is 4.31. The van der Waals surface area contributed by atoms with Crippen molar-refractivity contribution in [3.8, 4) is 0 Å². The highest BCUT2D eigenvalue weighted by atomic mass is 19.1. The van der Waals surface area contributed by atoms with Crippen LogP contribution in [0.4, 0.5) is 4.39 Å². The topological polar surface area (TPSA) is 12.0 Å². The fourth-order valence-corrected chi connectivity index (χ4v) is 1.96. The number of halogens is 1. The molecule has 0 amide bonds. The molecular weight excluding hydrogens is 189 g/mol. The van der Waals surface area contributed by atoms with Gasteiger partial charge in [-0.05, 0) is 36.5 Å². The minimum atomic E-state index is -0.159. The largest absolute Gasteiger partial charge is 0.307 e. The lowest BCUT2D eigenvalue weighted by Crippen LogP contribution is -2.23. The summed E-state index contributed by atoms with van der Waals surface area (Å²) in [6.07, 6.45) is 2.33. The van der Waals surface area contributed by atoms with Crippen molar-refractivity contribution < 1.29 is 4.39 Å². The van der Waals surface area contributed by atoms with Gasteiger partial charge < -0.3 is 5.32 Å². The van der Waals surface area contributed by atoms with Gasteiger partial charge in [0.05, 0.1) is 0 Å². The molecule has 1 aromatic rings. The van der Waals surface area contributed by atoms with Gasteiger partial charge in [0.1, 0.15) is 5.82 Å². The lowest BCUT2D eigenvalue weighted by Gasteiger charge is -2.17. The van der Waals surface area contributed by atoms with Gasteiger partial charge in [0, 0.05) is 12.1 Å². The smallest absolute Gasteiger partial charge is 0.123 e. The van der Waals surface area contributed by atoms with Crippen LogP contribution in [0.25, 0.3) is 0 Å². The SMILES string of the molecule is CCC(NC1CC1C)c1ccc(F)cc1. The van der Waals surface area contributed by atoms with Crippen molar-refractivity contribution in [1.29, 1.82) is 0 Å². The zero-order valence-electron chi connectivity index (χ0n) is 9.33. The van der Waals surface area contributed by atoms with Crippen LogP contribution in [0.5, 0.6) is 0 Å². The highest BCUT2D eigenvalue weighted by Gasteiger charge is 2.33. The van der Waals surface area contributed by atoms with Crippen molar-refractivity contribution in [2.45, 2.75) is 38.8 Å². The van der Waals surface area contributed by atoms with Crippen LogP contribution in [0.2, 0.25) is 0 Å². The third-order valence-corrected chi connectivity index (χ3v) is 3.21. The molecule has 3 unspecified atom stereocenters. The molecule has 0 bridgehead atoms. The molecule has 0 aliphatic heterocycles. The Morgan fingerprint density at radius 1 is 1.40 bits per heavy atom. The zero-order chi connectivity index (χ0) is 10.8. The summed E-state index contributed by atoms with van der Waals surface area (Å²) < 4.78 is 12.8. The van der Waals surface area contributed by atoms with E-state index in [0.717, 1.165) is 12.3 Å². The molecule has 1 N–H and O–H groups in total. The number of nitrogens with one attached hydrogen (secondary N) is 1. The molecule has 3 atom stereocenters. The maximum absolute atomic E-state index is 12.8. The maximum atomic E-state index is 12.8. The summed E-state index contributed by atoms with van der Waals surface area (Å²) in [5.74, 6) is 0.646. The second-order valence-corrected chi connectivity index (χ2v) is 4.50. The van der Waals surface area contributed by atoms with Crippen molar-refractivity contribution >= 4 is 0 Å². The zero-order valence-corrected chi connectivity index (χ0v) is 9.33. The first-order chi connectivity index (χ1) is 7.20. The molecule has 1 saturated carbocycles. The van der Waals surface area contributed by atoms with Crippen LogP contribution in [-0.4, -0.2) is 6.04 Å². The molecule has 82 valence electrons. The van der Waals surface area contributed by atoms with E-state index in [4.69, 9.17) is 0 Å². The molecule has 1 fully saturated rings. The van der Waals surface area contributed by atoms with E-state index in [9.17, 15) is 4.39 Å². The molecule has 0 aromatic heterocycles. The maximum Gasteiger partial charge on any atom is 0.123 e. The highest BCUT2D eigenvalue weighted by molar-refractivity contribution is 5.20. The average molecular weight is 207 g/mol. The molecule has 1 aliphatic rings. The van der Waals surface area contributed by atoms with Crippen LogP contribution in [0.3, 0.4) is 0 Å². The molecule has 1 aromatic carbocycles. The summed E-state index contributed by atoms with van der Waals surface area (Å²) in [5, 5.41) is 3.60. The third kappa shape index (κ3) is 2.57. The Bertz CT molecular complexity index is 320. The quantitative estimate of drug-likeness (QED) is 0.799. The summed E-state index contributed by atoms with van der Waals surface area (Å²) in [5.41, 5.74) is 1.19. The van der Waals surface area contributed by atoms with Gasteiger partial charge in [-0.2, -0.15) is 0 Å². The van der Waals surface area contributed by atoms with E-state index in [-0.39, 0.29) is 5.82 Å². The minimum Gasteiger partial charge on any atom is -0.307 e. The van der Waals surface area contributed by atoms with Crippen LogP contribution < -0.4 is 5.32 Å². The van der Waals surface area contributed by atoms with Gasteiger partial charge in [-0.1, -0.05) is 26.0 Å². The Labute approximate surface area is 90.7 Å². The molecule has 0 heterocycles. The van der Waals surface area contributed by atoms with E-state index in [1.54, 1.807) is 0 Å². The molecule has 2 rings (SSSR count). The molecule has 0 spiro atoms. The normalized spacial score (nSPS) is 26.3. The van der Waals surface area contributed by atoms with Crippen LogP contribution in [-0.2, 0) is 0 Å². The first kappa shape index (κ1) is 10.6. The van der Waals surface area contributed by atoms with Gasteiger partial charge >= 0.3 is 0 Å². The Morgan fingerprint density at radius 3 is 2.47 bits per heavy atom. The number of benzene rings is 1. The lowest BCUT2D eigenvalue weighted by atomic mass is 10.0. The number of rotatable bonds is 4. The van der Waals surface area contributed by atoms with Gasteiger partial charge in [-0.15, -0.1) is 0 Å². The number of hydrogen-bond acceptors (Lipinski definition) is 1. The molecule has 0 radical (unpaired) electrons. The molecule has 1 aliphatic carbocycles. The summed E-state index contributed by atoms with van der Waals surface area (Å²) in [7, 11) is 0. The summed E-state index contributed by atoms with van der Waals surface area (Å²) in [4.78, 5) is 0. The Morgan fingerprint density at radius 2 is 2.00 bits per heavy atom. The van der Waals surface area contributed by atoms with Crippen LogP contribution in [0, 0.1) is 11.7 Å². The fourth-order valence-electron chi connectivity index (χ4n) is 1.96. The summed E-state index contributed by atoms with van der Waals surface area (Å²) in [6, 6.07) is 7.87. The van der Waals surface area contributed by atoms with E-state index in [0.29, 0.717) is 12.1 Å². The molecule has 1 nitrogen and oxygen atoms in total. The Kier molecular flexibility index (Phi) is 3.06. The van der Waals surface area contributed by atoms with Crippen molar-refractivity contribution in [3.63, 3.8) is 0 Å². The first-order valence-corrected chi connectivity index (χ1v) is 5.72. The van der Waals surface area contributed by atoms with Crippen molar-refractivity contribution in [2.75, 3.05) is 0 Å². The van der Waals surface area contributed by atoms with E-state index in [2.05, 4.69) is 19.2 Å². The van der Waals surface area contributed by atoms with Gasteiger partial charge in [0.25, 0.3) is 0 Å². The van der Waals surface area contributed by atoms with Crippen LogP contribution in [0.15, 0.2) is 24.3 Å². The van der Waals surface area contributed by atoms with E-state index >= 15 is 0 Å². The molecule has 0 saturated heterocycles. The minimum absolute atomic E-state index is 0.159. The first-order valence-electron chi connectivity index (χ1n) is 5.72. The highest BCUT2D eigenvalue weighted by Crippen LogP contribution is 2.32. The van der Waals surface area contributed by atoms with Crippen molar-refractivity contribution in [2.24, 2.45) is 5.92 Å². The molecular formula is C13H18FN. The predicted molar refractivity (Wildman–Crippen MR) is 60.1 cm³/mol. The fraction of sp³-hybridized carbons (Fsp3) is 0.538. The van der Waals surface area contributed by atoms with Crippen LogP contribution >= 0.6 is 0 Å². The van der Waals surface area contributed by atoms with Gasteiger partial charge in [-0.3, -0.25) is 0 Å². The van der Waals surface area contributed by atoms with Crippen molar-refractivity contribution in [1.82, 2.24) is 5.32 Å². The lowest BCUT2D eigenvalue weighted by molar-refractivity contribution is 0.501. The standard InChI is InChI=1S/C13H18FN/c1-3-12(15-13-8-9(13)2)10-4-6-11(14)7-5-10/h4-7,9,12-13,15H,3,8H2,1-2H3.